The number of imide groups is 1. The Labute approximate surface area is 50.6 Å². The molecule has 5 heteroatoms. The van der Waals surface area contributed by atoms with E-state index in [-0.39, 0.29) is 6.61 Å². The zero-order chi connectivity index (χ0) is 6.85. The van der Waals surface area contributed by atoms with Gasteiger partial charge < -0.3 is 9.84 Å². The van der Waals surface area contributed by atoms with Crippen molar-refractivity contribution in [3.63, 3.8) is 0 Å². The summed E-state index contributed by atoms with van der Waals surface area (Å²) in [5.74, 6) is -1.32. The van der Waals surface area contributed by atoms with Crippen LogP contribution < -0.4 is 5.32 Å². The van der Waals surface area contributed by atoms with E-state index in [2.05, 4.69) is 4.74 Å². The molecule has 0 saturated carbocycles. The maximum Gasteiger partial charge on any atom is 0.283 e. The van der Waals surface area contributed by atoms with Crippen molar-refractivity contribution in [1.29, 1.82) is 0 Å². The molecule has 1 atom stereocenters. The van der Waals surface area contributed by atoms with Crippen molar-refractivity contribution in [2.75, 3.05) is 6.61 Å². The lowest BCUT2D eigenvalue weighted by molar-refractivity contribution is -0.173. The lowest BCUT2D eigenvalue weighted by Gasteiger charge is -2.15. The molecule has 0 spiro atoms. The second-order valence-corrected chi connectivity index (χ2v) is 1.58. The molecule has 1 fully saturated rings. The highest BCUT2D eigenvalue weighted by Gasteiger charge is 2.24. The van der Waals surface area contributed by atoms with Gasteiger partial charge >= 0.3 is 0 Å². The fraction of sp³-hybridized carbons (Fsp3) is 0.500. The van der Waals surface area contributed by atoms with E-state index in [1.807, 2.05) is 5.32 Å². The number of morpholine rings is 1. The van der Waals surface area contributed by atoms with E-state index < -0.39 is 18.1 Å². The predicted octanol–water partition coefficient (Wildman–Crippen LogP) is -2.02. The second-order valence-electron chi connectivity index (χ2n) is 1.58. The number of ether oxygens (including phenoxy) is 1. The highest BCUT2D eigenvalue weighted by atomic mass is 16.6. The van der Waals surface area contributed by atoms with Crippen LogP contribution in [-0.4, -0.2) is 29.8 Å². The van der Waals surface area contributed by atoms with E-state index in [4.69, 9.17) is 5.11 Å². The molecule has 1 rings (SSSR count). The fourth-order valence-corrected chi connectivity index (χ4v) is 0.466. The van der Waals surface area contributed by atoms with Gasteiger partial charge in [0.1, 0.15) is 6.61 Å². The smallest absolute Gasteiger partial charge is 0.283 e. The van der Waals surface area contributed by atoms with Crippen molar-refractivity contribution < 1.29 is 19.4 Å². The molecule has 1 heterocycles. The van der Waals surface area contributed by atoms with Crippen LogP contribution in [0, 0.1) is 0 Å². The Morgan fingerprint density at radius 3 is 2.78 bits per heavy atom. The molecule has 0 radical (unpaired) electrons. The first-order chi connectivity index (χ1) is 4.20. The quantitative estimate of drug-likeness (QED) is 0.372. The summed E-state index contributed by atoms with van der Waals surface area (Å²) in [4.78, 5) is 20.5. The van der Waals surface area contributed by atoms with Crippen molar-refractivity contribution in [1.82, 2.24) is 5.32 Å². The minimum absolute atomic E-state index is 0.257. The van der Waals surface area contributed by atoms with Crippen LogP contribution in [0.5, 0.6) is 0 Å². The molecule has 2 N–H and O–H groups in total. The van der Waals surface area contributed by atoms with Crippen molar-refractivity contribution in [3.05, 3.63) is 0 Å². The number of rotatable bonds is 0. The Balaban J connectivity index is 2.54. The summed E-state index contributed by atoms with van der Waals surface area (Å²) in [6, 6.07) is 0. The standard InChI is InChI=1S/C4H5NO4/c6-2-1-9-4(8)3(7)5-2/h4,8H,1H2,(H,5,6,7). The Kier molecular flexibility index (Phi) is 1.46. The van der Waals surface area contributed by atoms with Crippen molar-refractivity contribution in [2.24, 2.45) is 0 Å². The molecule has 2 amide bonds. The number of nitrogens with one attached hydrogen (secondary N) is 1. The molecule has 1 aliphatic heterocycles. The van der Waals surface area contributed by atoms with E-state index in [0.717, 1.165) is 0 Å². The molecule has 50 valence electrons. The Morgan fingerprint density at radius 1 is 1.67 bits per heavy atom. The zero-order valence-corrected chi connectivity index (χ0v) is 4.46. The predicted molar refractivity (Wildman–Crippen MR) is 25.1 cm³/mol. The first-order valence-electron chi connectivity index (χ1n) is 2.33. The van der Waals surface area contributed by atoms with Crippen LogP contribution in [0.4, 0.5) is 0 Å². The van der Waals surface area contributed by atoms with Gasteiger partial charge in [0.2, 0.25) is 6.29 Å². The average Bonchev–Trinajstić information content (AvgIpc) is 1.80. The van der Waals surface area contributed by atoms with Gasteiger partial charge in [0, 0.05) is 0 Å². The third-order valence-electron chi connectivity index (χ3n) is 0.859. The van der Waals surface area contributed by atoms with E-state index in [1.54, 1.807) is 0 Å². The topological polar surface area (TPSA) is 75.6 Å². The molecule has 0 aliphatic carbocycles. The number of carbonyl (C=O) groups excluding carboxylic acids is 2. The van der Waals surface area contributed by atoms with Gasteiger partial charge in [0.25, 0.3) is 11.8 Å². The summed E-state index contributed by atoms with van der Waals surface area (Å²) in [7, 11) is 0. The van der Waals surface area contributed by atoms with E-state index in [1.165, 1.54) is 0 Å². The largest absolute Gasteiger partial charge is 0.360 e. The molecular weight excluding hydrogens is 126 g/mol. The van der Waals surface area contributed by atoms with Crippen LogP contribution in [0.2, 0.25) is 0 Å². The summed E-state index contributed by atoms with van der Waals surface area (Å²) in [6.45, 7) is -0.257. The summed E-state index contributed by atoms with van der Waals surface area (Å²) >= 11 is 0. The first-order valence-corrected chi connectivity index (χ1v) is 2.33. The Morgan fingerprint density at radius 2 is 2.33 bits per heavy atom. The molecule has 0 aromatic heterocycles. The van der Waals surface area contributed by atoms with Gasteiger partial charge in [-0.3, -0.25) is 14.9 Å². The SMILES string of the molecule is O=C1COC(O)C(=O)N1. The van der Waals surface area contributed by atoms with Gasteiger partial charge in [-0.25, -0.2) is 0 Å². The number of aliphatic hydroxyl groups is 1. The van der Waals surface area contributed by atoms with Crippen molar-refractivity contribution in [3.8, 4) is 0 Å². The molecule has 0 aromatic carbocycles. The number of hydrogen-bond donors (Lipinski definition) is 2. The van der Waals surface area contributed by atoms with Gasteiger partial charge in [-0.1, -0.05) is 0 Å². The molecule has 9 heavy (non-hydrogen) atoms. The van der Waals surface area contributed by atoms with Gasteiger partial charge in [0.15, 0.2) is 0 Å². The highest BCUT2D eigenvalue weighted by Crippen LogP contribution is 1.92. The van der Waals surface area contributed by atoms with E-state index in [9.17, 15) is 9.59 Å². The van der Waals surface area contributed by atoms with Crippen molar-refractivity contribution in [2.45, 2.75) is 6.29 Å². The zero-order valence-electron chi connectivity index (χ0n) is 4.46. The summed E-state index contributed by atoms with van der Waals surface area (Å²) in [6.07, 6.45) is -1.48. The van der Waals surface area contributed by atoms with E-state index >= 15 is 0 Å². The van der Waals surface area contributed by atoms with Crippen LogP contribution in [0.25, 0.3) is 0 Å². The summed E-state index contributed by atoms with van der Waals surface area (Å²) < 4.78 is 4.30. The number of hydrogen-bond acceptors (Lipinski definition) is 4. The fourth-order valence-electron chi connectivity index (χ4n) is 0.466. The second kappa shape index (κ2) is 2.12. The van der Waals surface area contributed by atoms with Crippen LogP contribution in [0.15, 0.2) is 0 Å². The average molecular weight is 131 g/mol. The lowest BCUT2D eigenvalue weighted by Crippen LogP contribution is -2.47. The van der Waals surface area contributed by atoms with Crippen LogP contribution >= 0.6 is 0 Å². The molecule has 0 bridgehead atoms. The maximum atomic E-state index is 10.3. The number of carbonyl (C=O) groups is 2. The number of amides is 2. The third kappa shape index (κ3) is 1.24. The van der Waals surface area contributed by atoms with Crippen LogP contribution in [0.3, 0.4) is 0 Å². The van der Waals surface area contributed by atoms with Crippen LogP contribution in [-0.2, 0) is 14.3 Å². The Hall–Kier alpha value is -0.940. The van der Waals surface area contributed by atoms with Gasteiger partial charge in [-0.15, -0.1) is 0 Å². The highest BCUT2D eigenvalue weighted by molar-refractivity contribution is 5.98. The lowest BCUT2D eigenvalue weighted by atomic mass is 10.5. The minimum atomic E-state index is -1.48. The van der Waals surface area contributed by atoms with Crippen LogP contribution in [0.1, 0.15) is 0 Å². The minimum Gasteiger partial charge on any atom is -0.360 e. The monoisotopic (exact) mass is 131 g/mol. The van der Waals surface area contributed by atoms with Gasteiger partial charge in [0.05, 0.1) is 0 Å². The Bertz CT molecular complexity index is 155. The van der Waals surface area contributed by atoms with Gasteiger partial charge in [-0.2, -0.15) is 0 Å². The first kappa shape index (κ1) is 6.18. The molecule has 1 aliphatic rings. The van der Waals surface area contributed by atoms with Gasteiger partial charge in [-0.05, 0) is 0 Å². The summed E-state index contributed by atoms with van der Waals surface area (Å²) in [5, 5.41) is 10.4. The van der Waals surface area contributed by atoms with E-state index in [0.29, 0.717) is 0 Å². The molecular formula is C4H5NO4. The van der Waals surface area contributed by atoms with Crippen molar-refractivity contribution >= 4 is 11.8 Å². The normalized spacial score (nSPS) is 27.9. The third-order valence-corrected chi connectivity index (χ3v) is 0.859. The molecule has 0 aromatic rings. The molecule has 5 nitrogen and oxygen atoms in total. The summed E-state index contributed by atoms with van der Waals surface area (Å²) in [5.41, 5.74) is 0. The number of aliphatic hydroxyl groups excluding tert-OH is 1. The maximum absolute atomic E-state index is 10.3. The molecule has 1 unspecified atom stereocenters. The molecule has 1 saturated heterocycles.